The number of nitrogens with one attached hydrogen (secondary N) is 1. The van der Waals surface area contributed by atoms with E-state index in [9.17, 15) is 0 Å². The van der Waals surface area contributed by atoms with Crippen LogP contribution in [0.2, 0.25) is 0 Å². The van der Waals surface area contributed by atoms with Gasteiger partial charge in [0.05, 0.1) is 33.1 Å². The minimum atomic E-state index is 0.383. The first-order chi connectivity index (χ1) is 13.1. The average Bonchev–Trinajstić information content (AvgIpc) is 3.06. The second-order valence-corrected chi connectivity index (χ2v) is 6.11. The zero-order valence-corrected chi connectivity index (χ0v) is 16.3. The van der Waals surface area contributed by atoms with Gasteiger partial charge < -0.3 is 14.2 Å². The van der Waals surface area contributed by atoms with Crippen LogP contribution in [0.25, 0.3) is 11.4 Å². The van der Waals surface area contributed by atoms with Crippen LogP contribution >= 0.6 is 12.2 Å². The molecule has 0 spiro atoms. The number of H-pyrrole nitrogens is 1. The summed E-state index contributed by atoms with van der Waals surface area (Å²) in [6, 6.07) is 11.5. The predicted octanol–water partition coefficient (Wildman–Crippen LogP) is 3.82. The molecule has 3 aromatic rings. The number of aryl methyl sites for hydroxylation is 1. The van der Waals surface area contributed by atoms with Crippen molar-refractivity contribution < 1.29 is 14.2 Å². The first-order valence-corrected chi connectivity index (χ1v) is 8.57. The van der Waals surface area contributed by atoms with Crippen LogP contribution in [0.4, 0.5) is 0 Å². The molecule has 0 radical (unpaired) electrons. The lowest BCUT2D eigenvalue weighted by atomic mass is 10.1. The number of methoxy groups -OCH3 is 3. The molecule has 0 aliphatic heterocycles. The second-order valence-electron chi connectivity index (χ2n) is 5.72. The van der Waals surface area contributed by atoms with E-state index in [2.05, 4.69) is 15.3 Å². The highest BCUT2D eigenvalue weighted by Gasteiger charge is 2.13. The summed E-state index contributed by atoms with van der Waals surface area (Å²) in [5.74, 6) is 2.38. The molecule has 7 nitrogen and oxygen atoms in total. The summed E-state index contributed by atoms with van der Waals surface area (Å²) < 4.78 is 18.1. The predicted molar refractivity (Wildman–Crippen MR) is 107 cm³/mol. The highest BCUT2D eigenvalue weighted by Crippen LogP contribution is 2.32. The number of aromatic nitrogens is 3. The highest BCUT2D eigenvalue weighted by atomic mass is 32.1. The van der Waals surface area contributed by atoms with E-state index in [0.717, 1.165) is 11.1 Å². The Bertz CT molecular complexity index is 997. The van der Waals surface area contributed by atoms with Crippen LogP contribution in [0, 0.1) is 11.7 Å². The van der Waals surface area contributed by atoms with Crippen molar-refractivity contribution in [2.75, 3.05) is 21.3 Å². The van der Waals surface area contributed by atoms with E-state index < -0.39 is 0 Å². The first kappa shape index (κ1) is 18.7. The number of aromatic amines is 1. The van der Waals surface area contributed by atoms with Gasteiger partial charge in [-0.25, -0.2) is 5.10 Å². The van der Waals surface area contributed by atoms with E-state index in [4.69, 9.17) is 26.4 Å². The van der Waals surface area contributed by atoms with Crippen molar-refractivity contribution in [2.45, 2.75) is 6.92 Å². The van der Waals surface area contributed by atoms with Gasteiger partial charge in [-0.3, -0.25) is 0 Å². The molecule has 0 amide bonds. The minimum absolute atomic E-state index is 0.383. The van der Waals surface area contributed by atoms with Gasteiger partial charge in [-0.2, -0.15) is 14.9 Å². The maximum absolute atomic E-state index is 5.45. The van der Waals surface area contributed by atoms with Crippen LogP contribution in [0.1, 0.15) is 11.1 Å². The van der Waals surface area contributed by atoms with E-state index in [-0.39, 0.29) is 0 Å². The van der Waals surface area contributed by atoms with Gasteiger partial charge >= 0.3 is 0 Å². The summed E-state index contributed by atoms with van der Waals surface area (Å²) in [7, 11) is 4.74. The topological polar surface area (TPSA) is 73.7 Å². The molecule has 8 heteroatoms. The van der Waals surface area contributed by atoms with Crippen molar-refractivity contribution in [1.82, 2.24) is 14.9 Å². The first-order valence-electron chi connectivity index (χ1n) is 8.16. The Balaban J connectivity index is 2.06. The van der Waals surface area contributed by atoms with Gasteiger partial charge in [-0.15, -0.1) is 0 Å². The Labute approximate surface area is 162 Å². The van der Waals surface area contributed by atoms with Crippen molar-refractivity contribution in [1.29, 1.82) is 0 Å². The summed E-state index contributed by atoms with van der Waals surface area (Å²) in [6.45, 7) is 2.03. The molecule has 0 fully saturated rings. The Morgan fingerprint density at radius 2 is 1.67 bits per heavy atom. The number of nitrogens with zero attached hydrogens (tertiary/aromatic N) is 3. The van der Waals surface area contributed by atoms with Crippen molar-refractivity contribution in [3.8, 4) is 28.6 Å². The smallest absolute Gasteiger partial charge is 0.216 e. The summed E-state index contributed by atoms with van der Waals surface area (Å²) in [4.78, 5) is 0. The van der Waals surface area contributed by atoms with Gasteiger partial charge in [-0.1, -0.05) is 29.8 Å². The molecule has 1 heterocycles. The third kappa shape index (κ3) is 3.85. The van der Waals surface area contributed by atoms with Gasteiger partial charge in [0.1, 0.15) is 17.2 Å². The zero-order chi connectivity index (χ0) is 19.4. The molecule has 1 aromatic heterocycles. The third-order valence-electron chi connectivity index (χ3n) is 4.02. The van der Waals surface area contributed by atoms with Crippen molar-refractivity contribution in [3.63, 3.8) is 0 Å². The highest BCUT2D eigenvalue weighted by molar-refractivity contribution is 7.71. The lowest BCUT2D eigenvalue weighted by Crippen LogP contribution is -2.00. The van der Waals surface area contributed by atoms with Crippen LogP contribution in [0.15, 0.2) is 41.5 Å². The maximum atomic E-state index is 5.45. The monoisotopic (exact) mass is 384 g/mol. The number of rotatable bonds is 6. The van der Waals surface area contributed by atoms with Crippen LogP contribution in [-0.2, 0) is 0 Å². The van der Waals surface area contributed by atoms with E-state index in [1.54, 1.807) is 44.4 Å². The molecule has 3 rings (SSSR count). The number of hydrogen-bond acceptors (Lipinski definition) is 6. The van der Waals surface area contributed by atoms with E-state index in [1.165, 1.54) is 0 Å². The number of ether oxygens (including phenoxy) is 3. The SMILES string of the molecule is COc1cc(OC)c(/C=N/n2c(-c3ccc(C)cc3)n[nH]c2=S)c(OC)c1. The molecule has 1 N–H and O–H groups in total. The standard InChI is InChI=1S/C19H20N4O3S/c1-12-5-7-13(8-6-12)18-21-22-19(27)23(18)20-11-15-16(25-3)9-14(24-2)10-17(15)26-4/h5-11H,1-4H3,(H,22,27)/b20-11+. The Morgan fingerprint density at radius 1 is 1.04 bits per heavy atom. The molecule has 0 saturated heterocycles. The summed E-state index contributed by atoms with van der Waals surface area (Å²) >= 11 is 5.32. The number of hydrogen-bond donors (Lipinski definition) is 1. The molecular formula is C19H20N4O3S. The molecule has 0 saturated carbocycles. The molecule has 140 valence electrons. The van der Waals surface area contributed by atoms with Crippen molar-refractivity contribution in [2.24, 2.45) is 5.10 Å². The van der Waals surface area contributed by atoms with E-state index in [1.807, 2.05) is 31.2 Å². The van der Waals surface area contributed by atoms with Crippen LogP contribution < -0.4 is 14.2 Å². The fourth-order valence-electron chi connectivity index (χ4n) is 2.56. The molecule has 2 aromatic carbocycles. The maximum Gasteiger partial charge on any atom is 0.216 e. The summed E-state index contributed by atoms with van der Waals surface area (Å²) in [5.41, 5.74) is 2.73. The molecule has 0 atom stereocenters. The van der Waals surface area contributed by atoms with Gasteiger partial charge in [0, 0.05) is 17.7 Å². The average molecular weight is 384 g/mol. The van der Waals surface area contributed by atoms with Gasteiger partial charge in [0.2, 0.25) is 4.77 Å². The quantitative estimate of drug-likeness (QED) is 0.517. The Kier molecular flexibility index (Phi) is 5.56. The van der Waals surface area contributed by atoms with Crippen LogP contribution in [0.3, 0.4) is 0 Å². The van der Waals surface area contributed by atoms with Gasteiger partial charge in [-0.05, 0) is 19.1 Å². The molecule has 27 heavy (non-hydrogen) atoms. The molecule has 0 aliphatic rings. The van der Waals surface area contributed by atoms with Crippen LogP contribution in [0.5, 0.6) is 17.2 Å². The van der Waals surface area contributed by atoms with E-state index >= 15 is 0 Å². The zero-order valence-electron chi connectivity index (χ0n) is 15.5. The van der Waals surface area contributed by atoms with Gasteiger partial charge in [0.25, 0.3) is 0 Å². The molecule has 0 bridgehead atoms. The Hall–Kier alpha value is -3.13. The molecule has 0 aliphatic carbocycles. The number of benzene rings is 2. The van der Waals surface area contributed by atoms with Crippen LogP contribution in [-0.4, -0.2) is 42.4 Å². The lowest BCUT2D eigenvalue weighted by Gasteiger charge is -2.12. The normalized spacial score (nSPS) is 11.0. The van der Waals surface area contributed by atoms with Crippen molar-refractivity contribution >= 4 is 18.4 Å². The fraction of sp³-hybridized carbons (Fsp3) is 0.211. The van der Waals surface area contributed by atoms with Crippen molar-refractivity contribution in [3.05, 3.63) is 52.3 Å². The Morgan fingerprint density at radius 3 is 2.22 bits per heavy atom. The fourth-order valence-corrected chi connectivity index (χ4v) is 2.74. The summed E-state index contributed by atoms with van der Waals surface area (Å²) in [5, 5.41) is 11.6. The lowest BCUT2D eigenvalue weighted by molar-refractivity contribution is 0.374. The molecular weight excluding hydrogens is 364 g/mol. The second kappa shape index (κ2) is 8.05. The summed E-state index contributed by atoms with van der Waals surface area (Å²) in [6.07, 6.45) is 1.63. The molecule has 0 unspecified atom stereocenters. The van der Waals surface area contributed by atoms with E-state index in [0.29, 0.717) is 33.4 Å². The third-order valence-corrected chi connectivity index (χ3v) is 4.28. The van der Waals surface area contributed by atoms with Gasteiger partial charge in [0.15, 0.2) is 5.82 Å². The minimum Gasteiger partial charge on any atom is -0.496 e. The largest absolute Gasteiger partial charge is 0.496 e.